The first-order chi connectivity index (χ1) is 9.83. The van der Waals surface area contributed by atoms with E-state index in [0.29, 0.717) is 5.56 Å². The van der Waals surface area contributed by atoms with Crippen molar-refractivity contribution in [3.05, 3.63) is 41.8 Å². The number of ether oxygens (including phenoxy) is 1. The second kappa shape index (κ2) is 5.73. The first-order valence-corrected chi connectivity index (χ1v) is 7.61. The molecule has 2 rings (SSSR count). The molecule has 0 aliphatic heterocycles. The van der Waals surface area contributed by atoms with Crippen LogP contribution in [0, 0.1) is 12.7 Å². The molecule has 2 aromatic rings. The molecule has 1 N–H and O–H groups in total. The number of benzene rings is 1. The highest BCUT2D eigenvalue weighted by Crippen LogP contribution is 2.24. The van der Waals surface area contributed by atoms with Crippen molar-refractivity contribution in [3.63, 3.8) is 0 Å². The zero-order valence-corrected chi connectivity index (χ0v) is 12.7. The first kappa shape index (κ1) is 15.3. The van der Waals surface area contributed by atoms with Crippen LogP contribution >= 0.6 is 0 Å². The van der Waals surface area contributed by atoms with E-state index in [4.69, 9.17) is 4.74 Å². The molecule has 21 heavy (non-hydrogen) atoms. The van der Waals surface area contributed by atoms with Crippen LogP contribution in [0.4, 0.5) is 10.1 Å². The molecule has 1 aromatic heterocycles. The normalized spacial score (nSPS) is 11.2. The summed E-state index contributed by atoms with van der Waals surface area (Å²) < 4.78 is 45.7. The zero-order chi connectivity index (χ0) is 15.6. The molecule has 1 heterocycles. The Kier molecular flexibility index (Phi) is 4.17. The van der Waals surface area contributed by atoms with Crippen molar-refractivity contribution < 1.29 is 17.5 Å². The predicted molar refractivity (Wildman–Crippen MR) is 80.9 cm³/mol. The Morgan fingerprint density at radius 2 is 2.05 bits per heavy atom. The van der Waals surface area contributed by atoms with Crippen molar-refractivity contribution in [2.24, 2.45) is 0 Å². The second-order valence-corrected chi connectivity index (χ2v) is 6.26. The minimum atomic E-state index is -4.06. The lowest BCUT2D eigenvalue weighted by Crippen LogP contribution is -2.17. The third kappa shape index (κ3) is 3.33. The quantitative estimate of drug-likeness (QED) is 0.840. The number of anilines is 1. The van der Waals surface area contributed by atoms with E-state index < -0.39 is 20.7 Å². The highest BCUT2D eigenvalue weighted by atomic mass is 32.2. The standard InChI is InChI=1S/C13H14BFN2O3S/c1-8-3-4-12(10(15)5-8)21(18,19)17-11-6-9(14)7-16-13(11)20-2/h3-7,17H,14H2,1-2H3. The van der Waals surface area contributed by atoms with Crippen molar-refractivity contribution in [1.29, 1.82) is 0 Å². The van der Waals surface area contributed by atoms with Gasteiger partial charge in [-0.3, -0.25) is 4.72 Å². The molecule has 0 bridgehead atoms. The van der Waals surface area contributed by atoms with Crippen LogP contribution in [0.15, 0.2) is 35.4 Å². The number of methoxy groups -OCH3 is 1. The molecule has 0 fully saturated rings. The number of aryl methyl sites for hydroxylation is 1. The number of hydrogen-bond acceptors (Lipinski definition) is 4. The molecule has 0 aliphatic carbocycles. The molecule has 5 nitrogen and oxygen atoms in total. The Bertz CT molecular complexity index is 781. The van der Waals surface area contributed by atoms with Crippen LogP contribution in [0.2, 0.25) is 0 Å². The molecule has 0 amide bonds. The fourth-order valence-corrected chi connectivity index (χ4v) is 2.92. The smallest absolute Gasteiger partial charge is 0.264 e. The number of halogens is 1. The van der Waals surface area contributed by atoms with Crippen LogP contribution in [0.25, 0.3) is 0 Å². The largest absolute Gasteiger partial charge is 0.480 e. The number of nitrogens with zero attached hydrogens (tertiary/aromatic N) is 1. The molecule has 1 aromatic carbocycles. The van der Waals surface area contributed by atoms with Crippen LogP contribution in [0.5, 0.6) is 5.88 Å². The average Bonchev–Trinajstić information content (AvgIpc) is 2.37. The Morgan fingerprint density at radius 3 is 2.67 bits per heavy atom. The maximum Gasteiger partial charge on any atom is 0.264 e. The van der Waals surface area contributed by atoms with Gasteiger partial charge >= 0.3 is 0 Å². The highest BCUT2D eigenvalue weighted by molar-refractivity contribution is 7.92. The summed E-state index contributed by atoms with van der Waals surface area (Å²) in [5, 5.41) is 0. The van der Waals surface area contributed by atoms with Crippen molar-refractivity contribution >= 4 is 29.0 Å². The summed E-state index contributed by atoms with van der Waals surface area (Å²) in [7, 11) is -0.918. The summed E-state index contributed by atoms with van der Waals surface area (Å²) in [6.45, 7) is 1.68. The van der Waals surface area contributed by atoms with Gasteiger partial charge in [-0.2, -0.15) is 0 Å². The van der Waals surface area contributed by atoms with Gasteiger partial charge in [-0.1, -0.05) is 11.5 Å². The third-order valence-electron chi connectivity index (χ3n) is 2.80. The number of rotatable bonds is 4. The van der Waals surface area contributed by atoms with Gasteiger partial charge in [0.25, 0.3) is 10.0 Å². The summed E-state index contributed by atoms with van der Waals surface area (Å²) in [6.07, 6.45) is 1.54. The highest BCUT2D eigenvalue weighted by Gasteiger charge is 2.21. The van der Waals surface area contributed by atoms with Crippen LogP contribution < -0.4 is 14.9 Å². The van der Waals surface area contributed by atoms with Gasteiger partial charge in [-0.15, -0.1) is 0 Å². The van der Waals surface area contributed by atoms with Gasteiger partial charge in [0.05, 0.1) is 7.11 Å². The zero-order valence-electron chi connectivity index (χ0n) is 11.8. The summed E-state index contributed by atoms with van der Waals surface area (Å²) in [5.41, 5.74) is 1.55. The van der Waals surface area contributed by atoms with E-state index in [0.717, 1.165) is 5.46 Å². The van der Waals surface area contributed by atoms with E-state index in [2.05, 4.69) is 9.71 Å². The minimum Gasteiger partial charge on any atom is -0.480 e. The number of sulfonamides is 1. The van der Waals surface area contributed by atoms with Gasteiger partial charge in [0.1, 0.15) is 24.2 Å². The lowest BCUT2D eigenvalue weighted by molar-refractivity contribution is 0.400. The summed E-state index contributed by atoms with van der Waals surface area (Å²) >= 11 is 0. The lowest BCUT2D eigenvalue weighted by atomic mass is 9.99. The fourth-order valence-electron chi connectivity index (χ4n) is 1.82. The van der Waals surface area contributed by atoms with Gasteiger partial charge in [-0.25, -0.2) is 17.8 Å². The Balaban J connectivity index is 2.44. The third-order valence-corrected chi connectivity index (χ3v) is 4.20. The van der Waals surface area contributed by atoms with Gasteiger partial charge in [0.15, 0.2) is 0 Å². The first-order valence-electron chi connectivity index (χ1n) is 6.13. The van der Waals surface area contributed by atoms with Gasteiger partial charge in [0, 0.05) is 6.20 Å². The van der Waals surface area contributed by atoms with Gasteiger partial charge < -0.3 is 4.74 Å². The molecule has 0 atom stereocenters. The van der Waals surface area contributed by atoms with E-state index in [9.17, 15) is 12.8 Å². The summed E-state index contributed by atoms with van der Waals surface area (Å²) in [5.74, 6) is -0.682. The number of aromatic nitrogens is 1. The maximum absolute atomic E-state index is 13.8. The molecule has 0 spiro atoms. The molecule has 0 saturated carbocycles. The fraction of sp³-hybridized carbons (Fsp3) is 0.154. The number of pyridine rings is 1. The summed E-state index contributed by atoms with van der Waals surface area (Å²) in [6, 6.07) is 5.49. The molecule has 8 heteroatoms. The van der Waals surface area contributed by atoms with Crippen molar-refractivity contribution in [2.75, 3.05) is 11.8 Å². The maximum atomic E-state index is 13.8. The summed E-state index contributed by atoms with van der Waals surface area (Å²) in [4.78, 5) is 3.55. The van der Waals surface area contributed by atoms with Crippen LogP contribution in [-0.4, -0.2) is 28.4 Å². The van der Waals surface area contributed by atoms with E-state index in [1.165, 1.54) is 25.3 Å². The Labute approximate surface area is 123 Å². The van der Waals surface area contributed by atoms with Crippen molar-refractivity contribution in [2.45, 2.75) is 11.8 Å². The monoisotopic (exact) mass is 308 g/mol. The second-order valence-electron chi connectivity index (χ2n) is 4.61. The van der Waals surface area contributed by atoms with Crippen molar-refractivity contribution in [1.82, 2.24) is 4.98 Å². The van der Waals surface area contributed by atoms with Gasteiger partial charge in [-0.05, 0) is 30.7 Å². The molecule has 0 unspecified atom stereocenters. The molecule has 0 radical (unpaired) electrons. The molecule has 0 aliphatic rings. The lowest BCUT2D eigenvalue weighted by Gasteiger charge is -2.12. The number of nitrogens with one attached hydrogen (secondary N) is 1. The molecule has 110 valence electrons. The van der Waals surface area contributed by atoms with E-state index in [1.54, 1.807) is 27.0 Å². The molecular formula is C13H14BFN2O3S. The SMILES string of the molecule is Bc1cnc(OC)c(NS(=O)(=O)c2ccc(C)cc2F)c1. The van der Waals surface area contributed by atoms with Gasteiger partial charge in [0.2, 0.25) is 5.88 Å². The van der Waals surface area contributed by atoms with Crippen LogP contribution in [0.1, 0.15) is 5.56 Å². The predicted octanol–water partition coefficient (Wildman–Crippen LogP) is 0.597. The van der Waals surface area contributed by atoms with E-state index in [1.807, 2.05) is 0 Å². The van der Waals surface area contributed by atoms with Crippen molar-refractivity contribution in [3.8, 4) is 5.88 Å². The number of hydrogen-bond donors (Lipinski definition) is 1. The topological polar surface area (TPSA) is 68.3 Å². The average molecular weight is 308 g/mol. The van der Waals surface area contributed by atoms with Crippen LogP contribution in [-0.2, 0) is 10.0 Å². The van der Waals surface area contributed by atoms with Crippen LogP contribution in [0.3, 0.4) is 0 Å². The van der Waals surface area contributed by atoms with E-state index >= 15 is 0 Å². The molecular weight excluding hydrogens is 294 g/mol. The Morgan fingerprint density at radius 1 is 1.33 bits per heavy atom. The Hall–Kier alpha value is -2.09. The van der Waals surface area contributed by atoms with E-state index in [-0.39, 0.29) is 11.6 Å². The molecule has 0 saturated heterocycles. The minimum absolute atomic E-state index is 0.122.